The Kier molecular flexibility index (Phi) is 3.42. The Morgan fingerprint density at radius 2 is 2.22 bits per heavy atom. The summed E-state index contributed by atoms with van der Waals surface area (Å²) in [6.45, 7) is 0.131. The fourth-order valence-electron chi connectivity index (χ4n) is 1.71. The molecule has 0 aliphatic heterocycles. The molecule has 0 aliphatic carbocycles. The van der Waals surface area contributed by atoms with Crippen LogP contribution in [0.1, 0.15) is 6.42 Å². The fourth-order valence-corrected chi connectivity index (χ4v) is 2.00. The molecule has 0 spiro atoms. The van der Waals surface area contributed by atoms with Gasteiger partial charge in [-0.05, 0) is 24.4 Å². The average molecular weight is 272 g/mol. The molecule has 18 heavy (non-hydrogen) atoms. The highest BCUT2D eigenvalue weighted by Gasteiger charge is 2.14. The maximum absolute atomic E-state index is 13.7. The van der Waals surface area contributed by atoms with Crippen molar-refractivity contribution in [1.82, 2.24) is 9.55 Å². The Morgan fingerprint density at radius 1 is 1.50 bits per heavy atom. The number of aryl methyl sites for hydroxylation is 1. The third kappa shape index (κ3) is 2.13. The van der Waals surface area contributed by atoms with Gasteiger partial charge in [0.1, 0.15) is 5.52 Å². The number of imidazole rings is 1. The second-order valence-electron chi connectivity index (χ2n) is 3.67. The van der Waals surface area contributed by atoms with E-state index >= 15 is 0 Å². The summed E-state index contributed by atoms with van der Waals surface area (Å²) < 4.78 is 32.9. The summed E-state index contributed by atoms with van der Waals surface area (Å²) >= 11 is 5.01. The number of esters is 1. The first-order valence-electron chi connectivity index (χ1n) is 5.18. The summed E-state index contributed by atoms with van der Waals surface area (Å²) in [5.74, 6) is -2.38. The van der Waals surface area contributed by atoms with Crippen molar-refractivity contribution in [2.75, 3.05) is 7.11 Å². The van der Waals surface area contributed by atoms with Gasteiger partial charge in [-0.3, -0.25) is 4.79 Å². The number of nitrogens with one attached hydrogen (secondary N) is 1. The third-order valence-electron chi connectivity index (χ3n) is 2.59. The average Bonchev–Trinajstić information content (AvgIpc) is 2.68. The van der Waals surface area contributed by atoms with Crippen LogP contribution in [0.3, 0.4) is 0 Å². The lowest BCUT2D eigenvalue weighted by atomic mass is 10.3. The lowest BCUT2D eigenvalue weighted by Crippen LogP contribution is -2.07. The molecule has 0 radical (unpaired) electrons. The summed E-state index contributed by atoms with van der Waals surface area (Å²) in [4.78, 5) is 13.8. The zero-order valence-corrected chi connectivity index (χ0v) is 10.3. The highest BCUT2D eigenvalue weighted by Crippen LogP contribution is 2.20. The van der Waals surface area contributed by atoms with Crippen molar-refractivity contribution in [3.05, 3.63) is 28.5 Å². The monoisotopic (exact) mass is 272 g/mol. The van der Waals surface area contributed by atoms with E-state index in [2.05, 4.69) is 9.72 Å². The molecular formula is C11H10F2N2O2S. The minimum absolute atomic E-state index is 0.0314. The van der Waals surface area contributed by atoms with E-state index in [1.165, 1.54) is 17.7 Å². The zero-order valence-electron chi connectivity index (χ0n) is 9.50. The fraction of sp³-hybridized carbons (Fsp3) is 0.273. The van der Waals surface area contributed by atoms with Gasteiger partial charge in [0.15, 0.2) is 16.4 Å². The minimum atomic E-state index is -0.982. The van der Waals surface area contributed by atoms with Gasteiger partial charge in [-0.2, -0.15) is 0 Å². The van der Waals surface area contributed by atoms with Gasteiger partial charge >= 0.3 is 5.97 Å². The molecule has 0 unspecified atom stereocenters. The number of carbonyl (C=O) groups is 1. The molecule has 4 nitrogen and oxygen atoms in total. The molecule has 1 heterocycles. The number of halogens is 2. The third-order valence-corrected chi connectivity index (χ3v) is 2.92. The van der Waals surface area contributed by atoms with Crippen molar-refractivity contribution in [3.8, 4) is 0 Å². The lowest BCUT2D eigenvalue weighted by molar-refractivity contribution is -0.140. The Labute approximate surface area is 106 Å². The largest absolute Gasteiger partial charge is 0.469 e. The molecule has 0 fully saturated rings. The van der Waals surface area contributed by atoms with Crippen LogP contribution in [0.15, 0.2) is 12.1 Å². The van der Waals surface area contributed by atoms with E-state index in [1.54, 1.807) is 0 Å². The van der Waals surface area contributed by atoms with E-state index in [-0.39, 0.29) is 23.3 Å². The van der Waals surface area contributed by atoms with Crippen LogP contribution in [0.2, 0.25) is 0 Å². The normalized spacial score (nSPS) is 10.8. The van der Waals surface area contributed by atoms with Crippen molar-refractivity contribution in [2.24, 2.45) is 0 Å². The van der Waals surface area contributed by atoms with E-state index in [0.29, 0.717) is 5.52 Å². The molecule has 0 saturated carbocycles. The number of nitrogens with zero attached hydrogens (tertiary/aromatic N) is 1. The van der Waals surface area contributed by atoms with E-state index in [0.717, 1.165) is 6.07 Å². The molecule has 7 heteroatoms. The van der Waals surface area contributed by atoms with Crippen LogP contribution in [0.5, 0.6) is 0 Å². The van der Waals surface area contributed by atoms with Gasteiger partial charge in [-0.15, -0.1) is 0 Å². The Hall–Kier alpha value is -1.76. The van der Waals surface area contributed by atoms with Gasteiger partial charge in [-0.1, -0.05) is 0 Å². The van der Waals surface area contributed by atoms with Gasteiger partial charge < -0.3 is 14.3 Å². The van der Waals surface area contributed by atoms with Gasteiger partial charge in [0.25, 0.3) is 0 Å². The second kappa shape index (κ2) is 4.85. The van der Waals surface area contributed by atoms with Gasteiger partial charge in [0.2, 0.25) is 0 Å². The highest BCUT2D eigenvalue weighted by atomic mass is 32.1. The number of hydrogen-bond donors (Lipinski definition) is 1. The van der Waals surface area contributed by atoms with Gasteiger partial charge in [0, 0.05) is 6.54 Å². The smallest absolute Gasteiger partial charge is 0.307 e. The van der Waals surface area contributed by atoms with Crippen LogP contribution in [0.25, 0.3) is 11.0 Å². The molecule has 0 aliphatic rings. The number of carbonyl (C=O) groups excluding carboxylic acids is 1. The highest BCUT2D eigenvalue weighted by molar-refractivity contribution is 7.71. The first-order chi connectivity index (χ1) is 8.54. The number of ether oxygens (including phenoxy) is 1. The predicted molar refractivity (Wildman–Crippen MR) is 63.7 cm³/mol. The van der Waals surface area contributed by atoms with Crippen molar-refractivity contribution >= 4 is 29.2 Å². The molecule has 2 rings (SSSR count). The maximum Gasteiger partial charge on any atom is 0.307 e. The van der Waals surface area contributed by atoms with E-state index in [4.69, 9.17) is 12.2 Å². The first kappa shape index (κ1) is 12.7. The summed E-state index contributed by atoms with van der Waals surface area (Å²) in [7, 11) is 1.26. The van der Waals surface area contributed by atoms with Crippen LogP contribution in [-0.4, -0.2) is 22.6 Å². The number of rotatable bonds is 3. The first-order valence-corrected chi connectivity index (χ1v) is 5.58. The van der Waals surface area contributed by atoms with Crippen LogP contribution in [-0.2, 0) is 16.1 Å². The topological polar surface area (TPSA) is 47.0 Å². The molecule has 1 N–H and O–H groups in total. The van der Waals surface area contributed by atoms with E-state index < -0.39 is 17.6 Å². The quantitative estimate of drug-likeness (QED) is 0.690. The Morgan fingerprint density at radius 3 is 2.89 bits per heavy atom. The van der Waals surface area contributed by atoms with Crippen molar-refractivity contribution < 1.29 is 18.3 Å². The molecule has 0 bridgehead atoms. The molecule has 96 valence electrons. The van der Waals surface area contributed by atoms with Crippen molar-refractivity contribution in [2.45, 2.75) is 13.0 Å². The van der Waals surface area contributed by atoms with Crippen LogP contribution in [0.4, 0.5) is 8.78 Å². The second-order valence-corrected chi connectivity index (χ2v) is 4.05. The predicted octanol–water partition coefficient (Wildman–Crippen LogP) is 2.54. The zero-order chi connectivity index (χ0) is 13.3. The van der Waals surface area contributed by atoms with Crippen molar-refractivity contribution in [3.63, 3.8) is 0 Å². The summed E-state index contributed by atoms with van der Waals surface area (Å²) in [5.41, 5.74) is 0.424. The van der Waals surface area contributed by atoms with Crippen LogP contribution < -0.4 is 0 Å². The molecule has 0 amide bonds. The number of hydrogen-bond acceptors (Lipinski definition) is 3. The van der Waals surface area contributed by atoms with Gasteiger partial charge in [0.05, 0.1) is 19.0 Å². The molecular weight excluding hydrogens is 262 g/mol. The maximum atomic E-state index is 13.7. The SMILES string of the molecule is COC(=O)CCn1c(=S)[nH]c2ccc(F)c(F)c21. The molecule has 0 saturated heterocycles. The summed E-state index contributed by atoms with van der Waals surface area (Å²) in [6, 6.07) is 2.42. The molecule has 1 aromatic carbocycles. The number of H-pyrrole nitrogens is 1. The minimum Gasteiger partial charge on any atom is -0.469 e. The van der Waals surface area contributed by atoms with E-state index in [9.17, 15) is 13.6 Å². The van der Waals surface area contributed by atoms with Crippen LogP contribution >= 0.6 is 12.2 Å². The number of benzene rings is 1. The standard InChI is InChI=1S/C11H10F2N2O2S/c1-17-8(16)4-5-15-10-7(14-11(15)18)3-2-6(12)9(10)13/h2-3H,4-5H2,1H3,(H,14,18). The summed E-state index contributed by atoms with van der Waals surface area (Å²) in [6.07, 6.45) is 0.0354. The lowest BCUT2D eigenvalue weighted by Gasteiger charge is -2.04. The number of aromatic amines is 1. The van der Waals surface area contributed by atoms with Crippen molar-refractivity contribution in [1.29, 1.82) is 0 Å². The molecule has 1 aromatic heterocycles. The molecule has 0 atom stereocenters. The molecule has 2 aromatic rings. The van der Waals surface area contributed by atoms with Gasteiger partial charge in [-0.25, -0.2) is 8.78 Å². The Balaban J connectivity index is 2.49. The number of fused-ring (bicyclic) bond motifs is 1. The summed E-state index contributed by atoms with van der Waals surface area (Å²) in [5, 5.41) is 0. The number of aromatic nitrogens is 2. The number of methoxy groups -OCH3 is 1. The van der Waals surface area contributed by atoms with E-state index in [1.807, 2.05) is 0 Å². The van der Waals surface area contributed by atoms with Crippen LogP contribution in [0, 0.1) is 16.4 Å². The Bertz CT molecular complexity index is 663.